The number of hydrogen-bond donors (Lipinski definition) is 0. The van der Waals surface area contributed by atoms with Gasteiger partial charge in [-0.1, -0.05) is 89.5 Å². The molecule has 1 aromatic heterocycles. The number of aryl methyl sites for hydroxylation is 1. The number of halogens is 1. The van der Waals surface area contributed by atoms with Gasteiger partial charge in [0.05, 0.1) is 9.90 Å². The summed E-state index contributed by atoms with van der Waals surface area (Å²) in [5.41, 5.74) is 3.18. The van der Waals surface area contributed by atoms with E-state index in [0.29, 0.717) is 10.7 Å². The van der Waals surface area contributed by atoms with Gasteiger partial charge in [-0.05, 0) is 47.4 Å². The number of nitrogens with zero attached hydrogens (tertiary/aromatic N) is 2. The van der Waals surface area contributed by atoms with Crippen LogP contribution < -0.4 is 0 Å². The molecule has 0 saturated carbocycles. The molecule has 0 radical (unpaired) electrons. The number of ketones is 1. The second-order valence-electron chi connectivity index (χ2n) is 10.9. The van der Waals surface area contributed by atoms with E-state index in [9.17, 15) is 4.79 Å². The maximum Gasteiger partial charge on any atom is 0.186 e. The predicted octanol–water partition coefficient (Wildman–Crippen LogP) is 9.89. The van der Waals surface area contributed by atoms with Crippen LogP contribution in [0.4, 0.5) is 5.69 Å². The van der Waals surface area contributed by atoms with Crippen molar-refractivity contribution in [2.45, 2.75) is 48.5 Å². The Kier molecular flexibility index (Phi) is 6.74. The van der Waals surface area contributed by atoms with Gasteiger partial charge in [-0.2, -0.15) is 0 Å². The molecule has 0 fully saturated rings. The average Bonchev–Trinajstić information content (AvgIpc) is 3.11. The number of fused-ring (bicyclic) bond motifs is 1. The highest BCUT2D eigenvalue weighted by Gasteiger charge is 2.35. The van der Waals surface area contributed by atoms with Crippen LogP contribution >= 0.6 is 22.9 Å². The maximum atomic E-state index is 13.5. The smallest absolute Gasteiger partial charge is 0.186 e. The summed E-state index contributed by atoms with van der Waals surface area (Å²) in [6, 6.07) is 15.8. The molecular weight excluding hydrogens is 472 g/mol. The molecule has 3 nitrogen and oxygen atoms in total. The Morgan fingerprint density at radius 2 is 1.37 bits per heavy atom. The zero-order valence-corrected chi connectivity index (χ0v) is 22.9. The largest absolute Gasteiger partial charge is 0.289 e. The van der Waals surface area contributed by atoms with Crippen molar-refractivity contribution < 1.29 is 4.79 Å². The SMILES string of the molecule is Cc1sc(C(N=Nc2ccccc2Cl)=C2C=C(C(C)(C)C)C(=O)C(C(C)(C)C)=C2)c2ccccc12. The van der Waals surface area contributed by atoms with Crippen LogP contribution in [0.2, 0.25) is 5.02 Å². The molecule has 3 aromatic rings. The third-order valence-corrected chi connectivity index (χ3v) is 7.57. The van der Waals surface area contributed by atoms with E-state index in [1.54, 1.807) is 11.3 Å². The molecule has 4 rings (SSSR count). The number of benzene rings is 2. The van der Waals surface area contributed by atoms with Gasteiger partial charge in [0.25, 0.3) is 0 Å². The standard InChI is InChI=1S/C30H31ClN2OS/c1-18-20-12-8-9-13-21(20)28(35-18)26(33-32-25-15-11-10-14-24(25)31)19-16-22(29(2,3)4)27(34)23(17-19)30(5,6)7/h8-17H,1-7H3. The number of allylic oxidation sites excluding steroid dienone is 5. The van der Waals surface area contributed by atoms with E-state index < -0.39 is 0 Å². The molecule has 0 atom stereocenters. The minimum atomic E-state index is -0.314. The second-order valence-corrected chi connectivity index (χ2v) is 12.6. The Morgan fingerprint density at radius 1 is 0.829 bits per heavy atom. The zero-order chi connectivity index (χ0) is 25.5. The van der Waals surface area contributed by atoms with Gasteiger partial charge < -0.3 is 0 Å². The van der Waals surface area contributed by atoms with Crippen molar-refractivity contribution in [1.29, 1.82) is 0 Å². The number of azo groups is 1. The highest BCUT2D eigenvalue weighted by molar-refractivity contribution is 7.14. The monoisotopic (exact) mass is 502 g/mol. The van der Waals surface area contributed by atoms with Crippen molar-refractivity contribution in [2.24, 2.45) is 21.1 Å². The molecule has 0 saturated heterocycles. The number of Topliss-reactive ketones (excluding diaryl/α,β-unsaturated/α-hetero) is 1. The number of hydrogen-bond acceptors (Lipinski definition) is 4. The number of rotatable bonds is 3. The molecule has 35 heavy (non-hydrogen) atoms. The van der Waals surface area contributed by atoms with E-state index in [-0.39, 0.29) is 16.6 Å². The molecule has 1 heterocycles. The van der Waals surface area contributed by atoms with Crippen LogP contribution in [-0.2, 0) is 4.79 Å². The molecule has 0 N–H and O–H groups in total. The summed E-state index contributed by atoms with van der Waals surface area (Å²) in [5, 5.41) is 12.2. The zero-order valence-electron chi connectivity index (χ0n) is 21.4. The molecule has 2 aromatic carbocycles. The molecule has 0 bridgehead atoms. The summed E-state index contributed by atoms with van der Waals surface area (Å²) >= 11 is 8.09. The number of carbonyl (C=O) groups excluding carboxylic acids is 1. The van der Waals surface area contributed by atoms with Crippen LogP contribution in [0.1, 0.15) is 51.3 Å². The van der Waals surface area contributed by atoms with E-state index in [1.807, 2.05) is 42.5 Å². The van der Waals surface area contributed by atoms with Gasteiger partial charge in [0.2, 0.25) is 0 Å². The summed E-state index contributed by atoms with van der Waals surface area (Å²) in [4.78, 5) is 15.8. The van der Waals surface area contributed by atoms with Crippen molar-refractivity contribution >= 4 is 50.9 Å². The summed E-state index contributed by atoms with van der Waals surface area (Å²) < 4.78 is 0. The van der Waals surface area contributed by atoms with Crippen molar-refractivity contribution in [2.75, 3.05) is 0 Å². The third kappa shape index (κ3) is 5.10. The second kappa shape index (κ2) is 9.33. The van der Waals surface area contributed by atoms with Crippen molar-refractivity contribution in [3.05, 3.63) is 92.2 Å². The number of thiophene rings is 1. The molecule has 0 unspecified atom stereocenters. The molecule has 0 amide bonds. The Balaban J connectivity index is 2.07. The lowest BCUT2D eigenvalue weighted by atomic mass is 9.71. The lowest BCUT2D eigenvalue weighted by Crippen LogP contribution is -2.28. The first-order chi connectivity index (χ1) is 16.4. The Hall–Kier alpha value is -2.82. The van der Waals surface area contributed by atoms with Crippen LogP contribution in [0.3, 0.4) is 0 Å². The van der Waals surface area contributed by atoms with E-state index in [1.165, 1.54) is 10.3 Å². The predicted molar refractivity (Wildman–Crippen MR) is 150 cm³/mol. The molecule has 0 aliphatic heterocycles. The van der Waals surface area contributed by atoms with E-state index in [0.717, 1.165) is 32.7 Å². The van der Waals surface area contributed by atoms with Gasteiger partial charge in [0.15, 0.2) is 5.78 Å². The maximum absolute atomic E-state index is 13.5. The summed E-state index contributed by atoms with van der Waals surface area (Å²) in [5.74, 6) is 0.100. The van der Waals surface area contributed by atoms with Crippen molar-refractivity contribution in [1.82, 2.24) is 0 Å². The average molecular weight is 503 g/mol. The van der Waals surface area contributed by atoms with Crippen LogP contribution in [0.5, 0.6) is 0 Å². The Bertz CT molecular complexity index is 1400. The molecule has 0 spiro atoms. The van der Waals surface area contributed by atoms with Gasteiger partial charge in [0, 0.05) is 27.0 Å². The van der Waals surface area contributed by atoms with Gasteiger partial charge >= 0.3 is 0 Å². The van der Waals surface area contributed by atoms with Crippen molar-refractivity contribution in [3.63, 3.8) is 0 Å². The Morgan fingerprint density at radius 3 is 1.94 bits per heavy atom. The van der Waals surface area contributed by atoms with E-state index >= 15 is 0 Å². The summed E-state index contributed by atoms with van der Waals surface area (Å²) in [7, 11) is 0. The highest BCUT2D eigenvalue weighted by atomic mass is 35.5. The third-order valence-electron chi connectivity index (χ3n) is 6.11. The van der Waals surface area contributed by atoms with Gasteiger partial charge in [-0.3, -0.25) is 4.79 Å². The summed E-state index contributed by atoms with van der Waals surface area (Å²) in [6.45, 7) is 14.6. The minimum Gasteiger partial charge on any atom is -0.289 e. The topological polar surface area (TPSA) is 41.8 Å². The fraction of sp³-hybridized carbons (Fsp3) is 0.300. The first-order valence-electron chi connectivity index (χ1n) is 11.8. The fourth-order valence-electron chi connectivity index (χ4n) is 4.18. The van der Waals surface area contributed by atoms with Gasteiger partial charge in [0.1, 0.15) is 11.4 Å². The highest BCUT2D eigenvalue weighted by Crippen LogP contribution is 2.44. The minimum absolute atomic E-state index is 0.100. The normalized spacial score (nSPS) is 15.1. The first-order valence-corrected chi connectivity index (χ1v) is 13.0. The van der Waals surface area contributed by atoms with Gasteiger partial charge in [-0.25, -0.2) is 0 Å². The van der Waals surface area contributed by atoms with Crippen LogP contribution in [0.25, 0.3) is 16.5 Å². The molecule has 1 aliphatic rings. The molecule has 1 aliphatic carbocycles. The van der Waals surface area contributed by atoms with E-state index in [2.05, 4.69) is 71.8 Å². The van der Waals surface area contributed by atoms with Crippen LogP contribution in [-0.4, -0.2) is 5.78 Å². The Labute approximate surface area is 216 Å². The summed E-state index contributed by atoms with van der Waals surface area (Å²) in [6.07, 6.45) is 4.00. The molecular formula is C30H31ClN2OS. The van der Waals surface area contributed by atoms with Gasteiger partial charge in [-0.15, -0.1) is 21.6 Å². The number of carbonyl (C=O) groups is 1. The van der Waals surface area contributed by atoms with E-state index in [4.69, 9.17) is 16.7 Å². The molecule has 5 heteroatoms. The van der Waals surface area contributed by atoms with Crippen LogP contribution in [0, 0.1) is 17.8 Å². The van der Waals surface area contributed by atoms with Crippen LogP contribution in [0.15, 0.2) is 87.6 Å². The lowest BCUT2D eigenvalue weighted by molar-refractivity contribution is -0.114. The molecule has 180 valence electrons. The van der Waals surface area contributed by atoms with Crippen molar-refractivity contribution in [3.8, 4) is 0 Å². The quantitative estimate of drug-likeness (QED) is 0.328. The fourth-order valence-corrected chi connectivity index (χ4v) is 5.49. The lowest BCUT2D eigenvalue weighted by Gasteiger charge is -2.31. The first kappa shape index (κ1) is 25.3.